The van der Waals surface area contributed by atoms with Gasteiger partial charge in [0.2, 0.25) is 0 Å². The van der Waals surface area contributed by atoms with Gasteiger partial charge < -0.3 is 10.6 Å². The maximum absolute atomic E-state index is 8.65. The Bertz CT molecular complexity index is 629. The van der Waals surface area contributed by atoms with E-state index in [2.05, 4.69) is 35.8 Å². The van der Waals surface area contributed by atoms with Gasteiger partial charge in [-0.1, -0.05) is 42.5 Å². The van der Waals surface area contributed by atoms with Gasteiger partial charge in [-0.05, 0) is 42.4 Å². The van der Waals surface area contributed by atoms with Gasteiger partial charge in [-0.2, -0.15) is 5.26 Å². The van der Waals surface area contributed by atoms with E-state index in [9.17, 15) is 0 Å². The summed E-state index contributed by atoms with van der Waals surface area (Å²) in [6, 6.07) is 20.1. The summed E-state index contributed by atoms with van der Waals surface area (Å²) in [5.41, 5.74) is 3.10. The van der Waals surface area contributed by atoms with E-state index in [1.165, 1.54) is 5.56 Å². The van der Waals surface area contributed by atoms with Gasteiger partial charge in [-0.15, -0.1) is 0 Å². The molecular formula is C17H17N3S. The van der Waals surface area contributed by atoms with Crippen molar-refractivity contribution in [2.24, 2.45) is 0 Å². The number of thiocarbonyl (C=S) groups is 1. The third-order valence-electron chi connectivity index (χ3n) is 3.14. The highest BCUT2D eigenvalue weighted by Crippen LogP contribution is 2.13. The molecule has 0 saturated heterocycles. The third-order valence-corrected chi connectivity index (χ3v) is 3.36. The number of nitriles is 1. The van der Waals surface area contributed by atoms with Crippen LogP contribution in [0.4, 0.5) is 5.69 Å². The molecule has 0 unspecified atom stereocenters. The van der Waals surface area contributed by atoms with Crippen LogP contribution in [0.1, 0.15) is 24.1 Å². The lowest BCUT2D eigenvalue weighted by atomic mass is 10.1. The molecule has 3 nitrogen and oxygen atoms in total. The first-order chi connectivity index (χ1) is 10.2. The molecule has 0 bridgehead atoms. The van der Waals surface area contributed by atoms with Crippen LogP contribution >= 0.6 is 12.2 Å². The highest BCUT2D eigenvalue weighted by Gasteiger charge is 2.06. The van der Waals surface area contributed by atoms with Crippen LogP contribution in [0.25, 0.3) is 0 Å². The standard InChI is InChI=1S/C17H17N3S/c1-13(15-5-3-2-4-6-15)19-17(21)20-16-9-7-14(8-10-16)11-12-18/h2-10,13H,11H2,1H3,(H2,19,20,21)/t13-/m0/s1. The lowest BCUT2D eigenvalue weighted by molar-refractivity contribution is 0.722. The van der Waals surface area contributed by atoms with Crippen molar-refractivity contribution in [1.29, 1.82) is 5.26 Å². The number of rotatable bonds is 4. The van der Waals surface area contributed by atoms with E-state index in [0.717, 1.165) is 11.3 Å². The van der Waals surface area contributed by atoms with Crippen molar-refractivity contribution >= 4 is 23.0 Å². The average molecular weight is 295 g/mol. The zero-order valence-corrected chi connectivity index (χ0v) is 12.7. The quantitative estimate of drug-likeness (QED) is 0.842. The molecule has 2 N–H and O–H groups in total. The zero-order chi connectivity index (χ0) is 15.1. The lowest BCUT2D eigenvalue weighted by Gasteiger charge is -2.17. The van der Waals surface area contributed by atoms with Gasteiger partial charge >= 0.3 is 0 Å². The van der Waals surface area contributed by atoms with E-state index in [1.807, 2.05) is 42.5 Å². The molecule has 4 heteroatoms. The van der Waals surface area contributed by atoms with E-state index < -0.39 is 0 Å². The number of anilines is 1. The number of hydrogen-bond donors (Lipinski definition) is 2. The SMILES string of the molecule is C[C@H](NC(=S)Nc1ccc(CC#N)cc1)c1ccccc1. The van der Waals surface area contributed by atoms with Crippen LogP contribution in [0.5, 0.6) is 0 Å². The number of nitrogens with zero attached hydrogens (tertiary/aromatic N) is 1. The highest BCUT2D eigenvalue weighted by molar-refractivity contribution is 7.80. The summed E-state index contributed by atoms with van der Waals surface area (Å²) in [5, 5.41) is 15.6. The van der Waals surface area contributed by atoms with Crippen molar-refractivity contribution in [2.45, 2.75) is 19.4 Å². The van der Waals surface area contributed by atoms with E-state index in [0.29, 0.717) is 11.5 Å². The molecule has 0 aliphatic heterocycles. The Balaban J connectivity index is 1.91. The predicted molar refractivity (Wildman–Crippen MR) is 90.0 cm³/mol. The fourth-order valence-corrected chi connectivity index (χ4v) is 2.28. The zero-order valence-electron chi connectivity index (χ0n) is 11.8. The maximum Gasteiger partial charge on any atom is 0.171 e. The minimum absolute atomic E-state index is 0.143. The Hall–Kier alpha value is -2.38. The second-order valence-electron chi connectivity index (χ2n) is 4.76. The molecule has 21 heavy (non-hydrogen) atoms. The minimum Gasteiger partial charge on any atom is -0.356 e. The van der Waals surface area contributed by atoms with Crippen LogP contribution in [-0.4, -0.2) is 5.11 Å². The lowest BCUT2D eigenvalue weighted by Crippen LogP contribution is -2.30. The van der Waals surface area contributed by atoms with E-state index >= 15 is 0 Å². The fraction of sp³-hybridized carbons (Fsp3) is 0.176. The van der Waals surface area contributed by atoms with Crippen molar-refractivity contribution in [2.75, 3.05) is 5.32 Å². The summed E-state index contributed by atoms with van der Waals surface area (Å²) in [7, 11) is 0. The molecule has 106 valence electrons. The van der Waals surface area contributed by atoms with Gasteiger partial charge in [-0.25, -0.2) is 0 Å². The first-order valence-corrected chi connectivity index (χ1v) is 7.18. The van der Waals surface area contributed by atoms with Gasteiger partial charge in [0.15, 0.2) is 5.11 Å². The average Bonchev–Trinajstić information content (AvgIpc) is 2.50. The number of nitrogens with one attached hydrogen (secondary N) is 2. The molecule has 2 aromatic rings. The van der Waals surface area contributed by atoms with Gasteiger partial charge in [0.1, 0.15) is 0 Å². The smallest absolute Gasteiger partial charge is 0.171 e. The Morgan fingerprint density at radius 1 is 1.14 bits per heavy atom. The molecule has 0 aromatic heterocycles. The minimum atomic E-state index is 0.143. The van der Waals surface area contributed by atoms with E-state index in [1.54, 1.807) is 0 Å². The van der Waals surface area contributed by atoms with E-state index in [4.69, 9.17) is 17.5 Å². The Morgan fingerprint density at radius 2 is 1.81 bits per heavy atom. The van der Waals surface area contributed by atoms with Crippen molar-refractivity contribution in [3.8, 4) is 6.07 Å². The number of benzene rings is 2. The third kappa shape index (κ3) is 4.59. The molecule has 0 saturated carbocycles. The summed E-state index contributed by atoms with van der Waals surface area (Å²) in [4.78, 5) is 0. The molecule has 2 rings (SSSR count). The summed E-state index contributed by atoms with van der Waals surface area (Å²) in [6.07, 6.45) is 0.425. The van der Waals surface area contributed by atoms with Gasteiger partial charge in [0.25, 0.3) is 0 Å². The van der Waals surface area contributed by atoms with Crippen LogP contribution in [0.3, 0.4) is 0 Å². The second-order valence-corrected chi connectivity index (χ2v) is 5.17. The van der Waals surface area contributed by atoms with Crippen molar-refractivity contribution in [3.05, 3.63) is 65.7 Å². The molecule has 0 amide bonds. The first kappa shape index (κ1) is 15.0. The number of hydrogen-bond acceptors (Lipinski definition) is 2. The largest absolute Gasteiger partial charge is 0.356 e. The molecule has 2 aromatic carbocycles. The van der Waals surface area contributed by atoms with Crippen LogP contribution < -0.4 is 10.6 Å². The monoisotopic (exact) mass is 295 g/mol. The topological polar surface area (TPSA) is 47.8 Å². The Kier molecular flexibility index (Phi) is 5.30. The molecule has 1 atom stereocenters. The normalized spacial score (nSPS) is 11.2. The van der Waals surface area contributed by atoms with Crippen LogP contribution in [0.15, 0.2) is 54.6 Å². The Morgan fingerprint density at radius 3 is 2.43 bits per heavy atom. The van der Waals surface area contributed by atoms with E-state index in [-0.39, 0.29) is 6.04 Å². The summed E-state index contributed by atoms with van der Waals surface area (Å²) in [6.45, 7) is 2.07. The molecule has 0 spiro atoms. The molecular weight excluding hydrogens is 278 g/mol. The van der Waals surface area contributed by atoms with Crippen molar-refractivity contribution in [3.63, 3.8) is 0 Å². The maximum atomic E-state index is 8.65. The molecule has 0 heterocycles. The fourth-order valence-electron chi connectivity index (χ4n) is 1.99. The molecule has 0 fully saturated rings. The second kappa shape index (κ2) is 7.41. The summed E-state index contributed by atoms with van der Waals surface area (Å²) in [5.74, 6) is 0. The summed E-state index contributed by atoms with van der Waals surface area (Å²) < 4.78 is 0. The van der Waals surface area contributed by atoms with Crippen molar-refractivity contribution < 1.29 is 0 Å². The highest BCUT2D eigenvalue weighted by atomic mass is 32.1. The molecule has 0 aliphatic carbocycles. The summed E-state index contributed by atoms with van der Waals surface area (Å²) >= 11 is 5.32. The van der Waals surface area contributed by atoms with Crippen molar-refractivity contribution in [1.82, 2.24) is 5.32 Å². The molecule has 0 aliphatic rings. The van der Waals surface area contributed by atoms with Gasteiger partial charge in [0.05, 0.1) is 18.5 Å². The predicted octanol–water partition coefficient (Wildman–Crippen LogP) is 3.80. The van der Waals surface area contributed by atoms with Crippen LogP contribution in [0, 0.1) is 11.3 Å². The Labute approximate surface area is 130 Å². The van der Waals surface area contributed by atoms with Crippen LogP contribution in [0.2, 0.25) is 0 Å². The van der Waals surface area contributed by atoms with Gasteiger partial charge in [0, 0.05) is 5.69 Å². The first-order valence-electron chi connectivity index (χ1n) is 6.77. The molecule has 0 radical (unpaired) electrons. The van der Waals surface area contributed by atoms with Gasteiger partial charge in [-0.3, -0.25) is 0 Å². The van der Waals surface area contributed by atoms with Crippen LogP contribution in [-0.2, 0) is 6.42 Å².